The fourth-order valence-electron chi connectivity index (χ4n) is 0.984. The van der Waals surface area contributed by atoms with Crippen molar-refractivity contribution in [2.24, 2.45) is 0 Å². The number of allylic oxidation sites excluding steroid dienone is 2. The lowest BCUT2D eigenvalue weighted by Gasteiger charge is -1.98. The van der Waals surface area contributed by atoms with E-state index in [4.69, 9.17) is 0 Å². The Morgan fingerprint density at radius 2 is 1.73 bits per heavy atom. The lowest BCUT2D eigenvalue weighted by molar-refractivity contribution is -0.0799. The van der Waals surface area contributed by atoms with Gasteiger partial charge in [-0.05, 0) is 13.0 Å². The van der Waals surface area contributed by atoms with E-state index in [0.29, 0.717) is 6.08 Å². The molecule has 0 saturated heterocycles. The van der Waals surface area contributed by atoms with Crippen molar-refractivity contribution in [3.8, 4) is 0 Å². The van der Waals surface area contributed by atoms with Gasteiger partial charge < -0.3 is 0 Å². The first-order chi connectivity index (χ1) is 6.88. The molecule has 0 N–H and O–H groups in total. The first kappa shape index (κ1) is 11.5. The van der Waals surface area contributed by atoms with Crippen molar-refractivity contribution >= 4 is 5.78 Å². The van der Waals surface area contributed by atoms with Gasteiger partial charge in [0.2, 0.25) is 0 Å². The summed E-state index contributed by atoms with van der Waals surface area (Å²) >= 11 is 0. The molecule has 1 rings (SSSR count). The van der Waals surface area contributed by atoms with E-state index in [1.807, 2.05) is 6.92 Å². The number of ketones is 1. The van der Waals surface area contributed by atoms with Crippen LogP contribution in [0.3, 0.4) is 0 Å². The van der Waals surface area contributed by atoms with E-state index in [9.17, 15) is 18.0 Å². The van der Waals surface area contributed by atoms with Gasteiger partial charge >= 0.3 is 6.18 Å². The molecule has 0 spiro atoms. The fraction of sp³-hybridized carbons (Fsp3) is 0.182. The number of alkyl halides is 3. The van der Waals surface area contributed by atoms with Crippen LogP contribution in [-0.4, -0.2) is 12.0 Å². The first-order valence-electron chi connectivity index (χ1n) is 4.25. The molecule has 0 heterocycles. The van der Waals surface area contributed by atoms with Gasteiger partial charge in [0, 0.05) is 11.6 Å². The minimum Gasteiger partial charge on any atom is -0.289 e. The second-order valence-electron chi connectivity index (χ2n) is 3.11. The summed E-state index contributed by atoms with van der Waals surface area (Å²) in [6.07, 6.45) is -3.97. The Morgan fingerprint density at radius 1 is 1.20 bits per heavy atom. The Morgan fingerprint density at radius 3 is 2.20 bits per heavy atom. The van der Waals surface area contributed by atoms with E-state index in [0.717, 1.165) is 5.56 Å². The second-order valence-corrected chi connectivity index (χ2v) is 3.11. The van der Waals surface area contributed by atoms with Crippen molar-refractivity contribution in [1.82, 2.24) is 0 Å². The van der Waals surface area contributed by atoms with Crippen LogP contribution in [0.4, 0.5) is 13.2 Å². The van der Waals surface area contributed by atoms with Crippen LogP contribution in [0.2, 0.25) is 0 Å². The first-order valence-corrected chi connectivity index (χ1v) is 4.25. The molecule has 0 amide bonds. The third-order valence-electron chi connectivity index (χ3n) is 1.76. The van der Waals surface area contributed by atoms with Crippen molar-refractivity contribution in [3.63, 3.8) is 0 Å². The summed E-state index contributed by atoms with van der Waals surface area (Å²) in [7, 11) is 0. The number of hydrogen-bond acceptors (Lipinski definition) is 1. The van der Waals surface area contributed by atoms with Gasteiger partial charge in [-0.15, -0.1) is 0 Å². The third kappa shape index (κ3) is 3.97. The Hall–Kier alpha value is -1.58. The maximum atomic E-state index is 11.8. The smallest absolute Gasteiger partial charge is 0.289 e. The SMILES string of the molecule is Cc1ccc(C(=O)/C=C/C(F)(F)F)cc1. The fourth-order valence-corrected chi connectivity index (χ4v) is 0.984. The molecule has 0 radical (unpaired) electrons. The molecule has 0 bridgehead atoms. The highest BCUT2D eigenvalue weighted by Gasteiger charge is 2.22. The topological polar surface area (TPSA) is 17.1 Å². The van der Waals surface area contributed by atoms with E-state index in [1.54, 1.807) is 12.1 Å². The third-order valence-corrected chi connectivity index (χ3v) is 1.76. The van der Waals surface area contributed by atoms with Crippen molar-refractivity contribution < 1.29 is 18.0 Å². The highest BCUT2D eigenvalue weighted by atomic mass is 19.4. The van der Waals surface area contributed by atoms with Crippen molar-refractivity contribution in [2.45, 2.75) is 13.1 Å². The van der Waals surface area contributed by atoms with Crippen LogP contribution in [0.25, 0.3) is 0 Å². The van der Waals surface area contributed by atoms with Crippen molar-refractivity contribution in [3.05, 3.63) is 47.5 Å². The molecular weight excluding hydrogens is 205 g/mol. The van der Waals surface area contributed by atoms with Crippen LogP contribution >= 0.6 is 0 Å². The summed E-state index contributed by atoms with van der Waals surface area (Å²) in [5, 5.41) is 0. The van der Waals surface area contributed by atoms with E-state index >= 15 is 0 Å². The van der Waals surface area contributed by atoms with Crippen LogP contribution in [0.5, 0.6) is 0 Å². The molecule has 1 aromatic rings. The van der Waals surface area contributed by atoms with Crippen molar-refractivity contribution in [1.29, 1.82) is 0 Å². The molecule has 0 aliphatic carbocycles. The van der Waals surface area contributed by atoms with Crippen LogP contribution in [0.1, 0.15) is 15.9 Å². The molecule has 4 heteroatoms. The van der Waals surface area contributed by atoms with Gasteiger partial charge in [0.1, 0.15) is 0 Å². The zero-order valence-corrected chi connectivity index (χ0v) is 8.01. The normalized spacial score (nSPS) is 12.0. The number of benzene rings is 1. The van der Waals surface area contributed by atoms with E-state index in [-0.39, 0.29) is 11.6 Å². The second kappa shape index (κ2) is 4.29. The Labute approximate surface area is 85.2 Å². The number of hydrogen-bond donors (Lipinski definition) is 0. The van der Waals surface area contributed by atoms with Gasteiger partial charge in [0.25, 0.3) is 0 Å². The van der Waals surface area contributed by atoms with Crippen molar-refractivity contribution in [2.75, 3.05) is 0 Å². The summed E-state index contributed by atoms with van der Waals surface area (Å²) in [6, 6.07) is 6.35. The minimum atomic E-state index is -4.44. The molecule has 0 aliphatic rings. The number of carbonyl (C=O) groups excluding carboxylic acids is 1. The van der Waals surface area contributed by atoms with E-state index in [2.05, 4.69) is 0 Å². The molecule has 0 aliphatic heterocycles. The monoisotopic (exact) mass is 214 g/mol. The predicted octanol–water partition coefficient (Wildman–Crippen LogP) is 3.30. The molecular formula is C11H9F3O. The maximum absolute atomic E-state index is 11.8. The molecule has 80 valence electrons. The standard InChI is InChI=1S/C11H9F3O/c1-8-2-4-9(5-3-8)10(15)6-7-11(12,13)14/h2-7H,1H3/b7-6+. The Kier molecular flexibility index (Phi) is 3.29. The number of carbonyl (C=O) groups is 1. The van der Waals surface area contributed by atoms with Crippen LogP contribution in [-0.2, 0) is 0 Å². The highest BCUT2D eigenvalue weighted by molar-refractivity contribution is 6.04. The number of rotatable bonds is 2. The zero-order chi connectivity index (χ0) is 11.5. The quantitative estimate of drug-likeness (QED) is 0.545. The Bertz CT molecular complexity index is 374. The molecule has 1 aromatic carbocycles. The van der Waals surface area contributed by atoms with Gasteiger partial charge in [-0.3, -0.25) is 4.79 Å². The lowest BCUT2D eigenvalue weighted by Crippen LogP contribution is -2.03. The number of aryl methyl sites for hydroxylation is 1. The van der Waals surface area contributed by atoms with Crippen LogP contribution in [0, 0.1) is 6.92 Å². The zero-order valence-electron chi connectivity index (χ0n) is 8.01. The molecule has 0 unspecified atom stereocenters. The molecule has 0 fully saturated rings. The van der Waals surface area contributed by atoms with E-state index in [1.165, 1.54) is 12.1 Å². The maximum Gasteiger partial charge on any atom is 0.409 e. The van der Waals surface area contributed by atoms with Gasteiger partial charge in [-0.25, -0.2) is 0 Å². The number of halogens is 3. The summed E-state index contributed by atoms with van der Waals surface area (Å²) in [5.41, 5.74) is 1.20. The minimum absolute atomic E-state index is 0.0603. The largest absolute Gasteiger partial charge is 0.409 e. The highest BCUT2D eigenvalue weighted by Crippen LogP contribution is 2.16. The molecule has 0 aromatic heterocycles. The lowest BCUT2D eigenvalue weighted by atomic mass is 10.1. The average Bonchev–Trinajstić information content (AvgIpc) is 2.14. The predicted molar refractivity (Wildman–Crippen MR) is 50.7 cm³/mol. The summed E-state index contributed by atoms with van der Waals surface area (Å²) in [5.74, 6) is -0.646. The van der Waals surface area contributed by atoms with Crippen LogP contribution < -0.4 is 0 Å². The van der Waals surface area contributed by atoms with Gasteiger partial charge in [-0.1, -0.05) is 29.8 Å². The summed E-state index contributed by atoms with van der Waals surface area (Å²) in [4.78, 5) is 11.2. The van der Waals surface area contributed by atoms with Crippen LogP contribution in [0.15, 0.2) is 36.4 Å². The molecule has 1 nitrogen and oxygen atoms in total. The Balaban J connectivity index is 2.78. The summed E-state index contributed by atoms with van der Waals surface area (Å²) < 4.78 is 35.3. The van der Waals surface area contributed by atoms with E-state index < -0.39 is 12.0 Å². The average molecular weight is 214 g/mol. The van der Waals surface area contributed by atoms with Gasteiger partial charge in [0.15, 0.2) is 5.78 Å². The van der Waals surface area contributed by atoms with Gasteiger partial charge in [0.05, 0.1) is 0 Å². The van der Waals surface area contributed by atoms with Gasteiger partial charge in [-0.2, -0.15) is 13.2 Å². The molecule has 0 saturated carbocycles. The molecule has 15 heavy (non-hydrogen) atoms. The molecule has 0 atom stereocenters. The summed E-state index contributed by atoms with van der Waals surface area (Å²) in [6.45, 7) is 1.83.